The minimum atomic E-state index is -0.0912. The zero-order valence-electron chi connectivity index (χ0n) is 12.3. The van der Waals surface area contributed by atoms with E-state index in [0.717, 1.165) is 16.8 Å². The van der Waals surface area contributed by atoms with Crippen molar-refractivity contribution in [3.05, 3.63) is 36.2 Å². The summed E-state index contributed by atoms with van der Waals surface area (Å²) in [4.78, 5) is 16.1. The van der Waals surface area contributed by atoms with Crippen molar-refractivity contribution in [2.75, 3.05) is 18.9 Å². The minimum Gasteiger partial charge on any atom is -0.445 e. The van der Waals surface area contributed by atoms with E-state index in [-0.39, 0.29) is 24.2 Å². The number of hydrogen-bond acceptors (Lipinski definition) is 4. The van der Waals surface area contributed by atoms with Crippen LogP contribution in [0.2, 0.25) is 0 Å². The Hall–Kier alpha value is -1.85. The van der Waals surface area contributed by atoms with Crippen LogP contribution in [0.4, 0.5) is 5.69 Å². The van der Waals surface area contributed by atoms with Crippen LogP contribution in [0.15, 0.2) is 35.1 Å². The summed E-state index contributed by atoms with van der Waals surface area (Å²) < 4.78 is 5.31. The largest absolute Gasteiger partial charge is 0.445 e. The fraction of sp³-hybridized carbons (Fsp3) is 0.333. The number of carbonyl (C=O) groups excluding carboxylic acids is 1. The van der Waals surface area contributed by atoms with Gasteiger partial charge in [0.2, 0.25) is 11.8 Å². The van der Waals surface area contributed by atoms with E-state index in [0.29, 0.717) is 12.4 Å². The Morgan fingerprint density at radius 1 is 1.43 bits per heavy atom. The lowest BCUT2D eigenvalue weighted by molar-refractivity contribution is -0.119. The lowest BCUT2D eigenvalue weighted by Crippen LogP contribution is -2.28. The summed E-state index contributed by atoms with van der Waals surface area (Å²) >= 11 is 0. The molecule has 0 spiro atoms. The van der Waals surface area contributed by atoms with E-state index < -0.39 is 0 Å². The molecule has 2 rings (SSSR count). The van der Waals surface area contributed by atoms with Crippen LogP contribution in [0.1, 0.15) is 12.5 Å². The van der Waals surface area contributed by atoms with Crippen molar-refractivity contribution >= 4 is 24.0 Å². The average molecular weight is 310 g/mol. The molecule has 2 aromatic rings. The summed E-state index contributed by atoms with van der Waals surface area (Å²) in [5, 5.41) is 5.90. The van der Waals surface area contributed by atoms with Crippen LogP contribution < -0.4 is 10.6 Å². The number of nitrogens with zero attached hydrogens (tertiary/aromatic N) is 1. The van der Waals surface area contributed by atoms with Gasteiger partial charge >= 0.3 is 0 Å². The number of rotatable bonds is 5. The molecule has 1 aromatic heterocycles. The summed E-state index contributed by atoms with van der Waals surface area (Å²) in [5.41, 5.74) is 2.68. The standard InChI is InChI=1S/C15H19N3O2.ClH/c1-10-4-5-12(18-14(19)11(2)9-16-3)8-13(10)15-17-6-7-20-15;/h4-8,11,16H,9H2,1-3H3,(H,18,19);1H. The second-order valence-electron chi connectivity index (χ2n) is 4.81. The van der Waals surface area contributed by atoms with Crippen molar-refractivity contribution in [1.29, 1.82) is 0 Å². The van der Waals surface area contributed by atoms with Crippen LogP contribution in [0.3, 0.4) is 0 Å². The van der Waals surface area contributed by atoms with Gasteiger partial charge in [-0.25, -0.2) is 4.98 Å². The number of aromatic nitrogens is 1. The maximum Gasteiger partial charge on any atom is 0.228 e. The van der Waals surface area contributed by atoms with Gasteiger partial charge in [0.1, 0.15) is 6.26 Å². The molecule has 6 heteroatoms. The number of halogens is 1. The quantitative estimate of drug-likeness (QED) is 0.891. The van der Waals surface area contributed by atoms with Gasteiger partial charge in [0.05, 0.1) is 6.20 Å². The monoisotopic (exact) mass is 309 g/mol. The van der Waals surface area contributed by atoms with Gasteiger partial charge in [-0.2, -0.15) is 0 Å². The molecule has 1 aromatic carbocycles. The predicted octanol–water partition coefficient (Wildman–Crippen LogP) is 2.87. The molecule has 0 aliphatic heterocycles. The molecule has 5 nitrogen and oxygen atoms in total. The van der Waals surface area contributed by atoms with E-state index in [1.807, 2.05) is 39.1 Å². The predicted molar refractivity (Wildman–Crippen MR) is 85.6 cm³/mol. The fourth-order valence-electron chi connectivity index (χ4n) is 1.95. The molecule has 2 N–H and O–H groups in total. The number of anilines is 1. The molecule has 0 fully saturated rings. The van der Waals surface area contributed by atoms with E-state index in [4.69, 9.17) is 4.42 Å². The normalized spacial score (nSPS) is 11.6. The maximum atomic E-state index is 12.0. The van der Waals surface area contributed by atoms with Gasteiger partial charge in [0.15, 0.2) is 0 Å². The molecule has 0 aliphatic carbocycles. The number of hydrogen-bond donors (Lipinski definition) is 2. The first-order chi connectivity index (χ1) is 9.61. The lowest BCUT2D eigenvalue weighted by Gasteiger charge is -2.12. The summed E-state index contributed by atoms with van der Waals surface area (Å²) in [6.45, 7) is 4.51. The van der Waals surface area contributed by atoms with Gasteiger partial charge in [-0.15, -0.1) is 12.4 Å². The zero-order valence-corrected chi connectivity index (χ0v) is 13.2. The second kappa shape index (κ2) is 7.81. The first-order valence-corrected chi connectivity index (χ1v) is 6.57. The number of amides is 1. The molecular weight excluding hydrogens is 290 g/mol. The van der Waals surface area contributed by atoms with Crippen LogP contribution in [0.5, 0.6) is 0 Å². The number of oxazole rings is 1. The van der Waals surface area contributed by atoms with E-state index in [1.165, 1.54) is 6.26 Å². The first-order valence-electron chi connectivity index (χ1n) is 6.57. The summed E-state index contributed by atoms with van der Waals surface area (Å²) in [6.07, 6.45) is 3.14. The number of aryl methyl sites for hydroxylation is 1. The first kappa shape index (κ1) is 17.2. The Kier molecular flexibility index (Phi) is 6.39. The summed E-state index contributed by atoms with van der Waals surface area (Å²) in [7, 11) is 1.83. The fourth-order valence-corrected chi connectivity index (χ4v) is 1.95. The second-order valence-corrected chi connectivity index (χ2v) is 4.81. The van der Waals surface area contributed by atoms with Crippen LogP contribution in [0, 0.1) is 12.8 Å². The number of nitrogens with one attached hydrogen (secondary N) is 2. The SMILES string of the molecule is CNCC(C)C(=O)Nc1ccc(C)c(-c2ncco2)c1.Cl. The van der Waals surface area contributed by atoms with Crippen molar-refractivity contribution in [2.24, 2.45) is 5.92 Å². The van der Waals surface area contributed by atoms with Gasteiger partial charge in [0, 0.05) is 23.7 Å². The molecule has 0 saturated heterocycles. The Morgan fingerprint density at radius 2 is 2.19 bits per heavy atom. The molecule has 1 heterocycles. The lowest BCUT2D eigenvalue weighted by atomic mass is 10.1. The third kappa shape index (κ3) is 4.31. The highest BCUT2D eigenvalue weighted by Gasteiger charge is 2.13. The van der Waals surface area contributed by atoms with Crippen molar-refractivity contribution in [3.63, 3.8) is 0 Å². The summed E-state index contributed by atoms with van der Waals surface area (Å²) in [5.74, 6) is 0.454. The van der Waals surface area contributed by atoms with Gasteiger partial charge in [0.25, 0.3) is 0 Å². The Morgan fingerprint density at radius 3 is 2.81 bits per heavy atom. The van der Waals surface area contributed by atoms with Crippen molar-refractivity contribution < 1.29 is 9.21 Å². The van der Waals surface area contributed by atoms with Gasteiger partial charge < -0.3 is 15.1 Å². The Balaban J connectivity index is 0.00000220. The highest BCUT2D eigenvalue weighted by molar-refractivity contribution is 5.93. The van der Waals surface area contributed by atoms with Crippen molar-refractivity contribution in [1.82, 2.24) is 10.3 Å². The van der Waals surface area contributed by atoms with E-state index in [2.05, 4.69) is 15.6 Å². The van der Waals surface area contributed by atoms with E-state index in [9.17, 15) is 4.79 Å². The smallest absolute Gasteiger partial charge is 0.228 e. The number of carbonyl (C=O) groups is 1. The van der Waals surface area contributed by atoms with E-state index >= 15 is 0 Å². The van der Waals surface area contributed by atoms with Crippen molar-refractivity contribution in [3.8, 4) is 11.5 Å². The molecule has 1 unspecified atom stereocenters. The molecule has 0 bridgehead atoms. The third-order valence-corrected chi connectivity index (χ3v) is 3.13. The Labute approximate surface area is 130 Å². The Bertz CT molecular complexity index is 585. The van der Waals surface area contributed by atoms with Gasteiger partial charge in [-0.3, -0.25) is 4.79 Å². The zero-order chi connectivity index (χ0) is 14.5. The average Bonchev–Trinajstić information content (AvgIpc) is 2.95. The van der Waals surface area contributed by atoms with Gasteiger partial charge in [-0.1, -0.05) is 13.0 Å². The number of benzene rings is 1. The maximum absolute atomic E-state index is 12.0. The molecule has 0 saturated carbocycles. The van der Waals surface area contributed by atoms with Gasteiger partial charge in [-0.05, 0) is 31.7 Å². The molecule has 1 amide bonds. The van der Waals surface area contributed by atoms with E-state index in [1.54, 1.807) is 6.20 Å². The molecule has 0 aliphatic rings. The highest BCUT2D eigenvalue weighted by Crippen LogP contribution is 2.25. The molecule has 21 heavy (non-hydrogen) atoms. The van der Waals surface area contributed by atoms with Crippen LogP contribution in [-0.4, -0.2) is 24.5 Å². The molecular formula is C15H20ClN3O2. The van der Waals surface area contributed by atoms with Crippen LogP contribution >= 0.6 is 12.4 Å². The van der Waals surface area contributed by atoms with Crippen LogP contribution in [-0.2, 0) is 4.79 Å². The molecule has 114 valence electrons. The minimum absolute atomic E-state index is 0. The van der Waals surface area contributed by atoms with Crippen molar-refractivity contribution in [2.45, 2.75) is 13.8 Å². The third-order valence-electron chi connectivity index (χ3n) is 3.13. The van der Waals surface area contributed by atoms with Crippen LogP contribution in [0.25, 0.3) is 11.5 Å². The topological polar surface area (TPSA) is 67.2 Å². The molecule has 1 atom stereocenters. The summed E-state index contributed by atoms with van der Waals surface area (Å²) in [6, 6.07) is 5.70. The highest BCUT2D eigenvalue weighted by atomic mass is 35.5. The molecule has 0 radical (unpaired) electrons.